The Morgan fingerprint density at radius 2 is 0.980 bits per heavy atom. The van der Waals surface area contributed by atoms with Crippen LogP contribution in [0.5, 0.6) is 0 Å². The fourth-order valence-corrected chi connectivity index (χ4v) is 8.32. The average molecular weight is 657 g/mol. The minimum atomic E-state index is 0.689. The quantitative estimate of drug-likeness (QED) is 0.185. The summed E-state index contributed by atoms with van der Waals surface area (Å²) < 4.78 is 9.00. The van der Waals surface area contributed by atoms with Gasteiger partial charge in [-0.3, -0.25) is 0 Å². The van der Waals surface area contributed by atoms with Crippen LogP contribution in [0.2, 0.25) is 0 Å². The summed E-state index contributed by atoms with van der Waals surface area (Å²) in [5.41, 5.74) is 11.0. The molecule has 0 aliphatic heterocycles. The van der Waals surface area contributed by atoms with Gasteiger partial charge in [-0.25, -0.2) is 9.97 Å². The van der Waals surface area contributed by atoms with E-state index in [1.807, 2.05) is 18.2 Å². The van der Waals surface area contributed by atoms with Gasteiger partial charge in [0.05, 0.1) is 11.4 Å². The van der Waals surface area contributed by atoms with Crippen LogP contribution in [0.3, 0.4) is 0 Å². The molecule has 10 aromatic rings. The molecule has 7 aromatic carbocycles. The Morgan fingerprint density at radius 3 is 1.84 bits per heavy atom. The molecule has 3 aromatic heterocycles. The second kappa shape index (κ2) is 11.7. The van der Waals surface area contributed by atoms with Gasteiger partial charge in [-0.2, -0.15) is 0 Å². The third-order valence-electron chi connectivity index (χ3n) is 9.56. The summed E-state index contributed by atoms with van der Waals surface area (Å²) in [5, 5.41) is 4.57. The SMILES string of the molecule is c1ccc(-c2ccc(-c3ccccc3-c3cc(-c4cccc5c4oc4ccccc45)nc(-c4cccc5sc6ccccc6c45)n3)cc2)cc1. The Labute approximate surface area is 292 Å². The maximum absolute atomic E-state index is 6.53. The average Bonchev–Trinajstić information content (AvgIpc) is 3.77. The first-order chi connectivity index (χ1) is 24.8. The lowest BCUT2D eigenvalue weighted by molar-refractivity contribution is 0.670. The van der Waals surface area contributed by atoms with Gasteiger partial charge in [-0.05, 0) is 52.6 Å². The van der Waals surface area contributed by atoms with Crippen molar-refractivity contribution < 1.29 is 4.42 Å². The lowest BCUT2D eigenvalue weighted by Crippen LogP contribution is -1.97. The molecule has 0 radical (unpaired) electrons. The molecule has 3 nitrogen and oxygen atoms in total. The normalized spacial score (nSPS) is 11.6. The number of hydrogen-bond donors (Lipinski definition) is 0. The number of furan rings is 1. The summed E-state index contributed by atoms with van der Waals surface area (Å²) in [4.78, 5) is 10.7. The number of fused-ring (bicyclic) bond motifs is 6. The second-order valence-corrected chi connectivity index (χ2v) is 13.6. The largest absolute Gasteiger partial charge is 0.455 e. The molecule has 50 heavy (non-hydrogen) atoms. The molecule has 4 heteroatoms. The first-order valence-electron chi connectivity index (χ1n) is 16.7. The Bertz CT molecular complexity index is 2870. The van der Waals surface area contributed by atoms with Crippen molar-refractivity contribution in [2.24, 2.45) is 0 Å². The van der Waals surface area contributed by atoms with Crippen LogP contribution >= 0.6 is 11.3 Å². The number of rotatable bonds is 5. The summed E-state index contributed by atoms with van der Waals surface area (Å²) in [6.07, 6.45) is 0. The maximum atomic E-state index is 6.53. The van der Waals surface area contributed by atoms with Crippen LogP contribution in [0.25, 0.3) is 98.3 Å². The zero-order valence-corrected chi connectivity index (χ0v) is 27.7. The molecule has 10 rings (SSSR count). The van der Waals surface area contributed by atoms with Crippen molar-refractivity contribution in [1.82, 2.24) is 9.97 Å². The van der Waals surface area contributed by atoms with Gasteiger partial charge >= 0.3 is 0 Å². The highest BCUT2D eigenvalue weighted by atomic mass is 32.1. The number of thiophene rings is 1. The van der Waals surface area contributed by atoms with Crippen LogP contribution in [0.1, 0.15) is 0 Å². The molecule has 0 unspecified atom stereocenters. The zero-order chi connectivity index (χ0) is 33.0. The molecular formula is C46H28N2OS. The molecule has 0 spiro atoms. The Hall–Kier alpha value is -6.36. The second-order valence-electron chi connectivity index (χ2n) is 12.5. The summed E-state index contributed by atoms with van der Waals surface area (Å²) >= 11 is 1.80. The molecular weight excluding hydrogens is 629 g/mol. The van der Waals surface area contributed by atoms with E-state index in [1.54, 1.807) is 11.3 Å². The lowest BCUT2D eigenvalue weighted by atomic mass is 9.94. The fourth-order valence-electron chi connectivity index (χ4n) is 7.18. The third-order valence-corrected chi connectivity index (χ3v) is 10.7. The molecule has 0 N–H and O–H groups in total. The highest BCUT2D eigenvalue weighted by Crippen LogP contribution is 2.42. The Kier molecular flexibility index (Phi) is 6.68. The number of hydrogen-bond acceptors (Lipinski definition) is 4. The van der Waals surface area contributed by atoms with Gasteiger partial charge in [0.25, 0.3) is 0 Å². The van der Waals surface area contributed by atoms with Crippen LogP contribution in [0.4, 0.5) is 0 Å². The first-order valence-corrected chi connectivity index (χ1v) is 17.6. The summed E-state index contributed by atoms with van der Waals surface area (Å²) in [6, 6.07) is 59.5. The van der Waals surface area contributed by atoms with Crippen LogP contribution < -0.4 is 0 Å². The molecule has 234 valence electrons. The van der Waals surface area contributed by atoms with Crippen molar-refractivity contribution in [3.05, 3.63) is 170 Å². The molecule has 0 bridgehead atoms. The van der Waals surface area contributed by atoms with Crippen LogP contribution in [0, 0.1) is 0 Å². The molecule has 0 amide bonds. The van der Waals surface area contributed by atoms with Gasteiger partial charge in [0.2, 0.25) is 0 Å². The zero-order valence-electron chi connectivity index (χ0n) is 26.9. The van der Waals surface area contributed by atoms with Crippen LogP contribution in [-0.2, 0) is 0 Å². The van der Waals surface area contributed by atoms with Crippen molar-refractivity contribution in [2.45, 2.75) is 0 Å². The Morgan fingerprint density at radius 1 is 0.400 bits per heavy atom. The highest BCUT2D eigenvalue weighted by molar-refractivity contribution is 7.25. The molecule has 0 atom stereocenters. The molecule has 0 saturated carbocycles. The smallest absolute Gasteiger partial charge is 0.161 e. The van der Waals surface area contributed by atoms with E-state index in [0.29, 0.717) is 5.82 Å². The van der Waals surface area contributed by atoms with Gasteiger partial charge in [-0.15, -0.1) is 11.3 Å². The van der Waals surface area contributed by atoms with Crippen molar-refractivity contribution in [2.75, 3.05) is 0 Å². The van der Waals surface area contributed by atoms with Gasteiger partial charge < -0.3 is 4.42 Å². The predicted molar refractivity (Wildman–Crippen MR) is 209 cm³/mol. The number of aromatic nitrogens is 2. The van der Waals surface area contributed by atoms with Crippen LogP contribution in [-0.4, -0.2) is 9.97 Å². The Balaban J connectivity index is 1.21. The van der Waals surface area contributed by atoms with Crippen molar-refractivity contribution in [3.8, 4) is 56.2 Å². The summed E-state index contributed by atoms with van der Waals surface area (Å²) in [5.74, 6) is 0.689. The number of nitrogens with zero attached hydrogens (tertiary/aromatic N) is 2. The number of benzene rings is 7. The van der Waals surface area contributed by atoms with Crippen LogP contribution in [0.15, 0.2) is 174 Å². The highest BCUT2D eigenvalue weighted by Gasteiger charge is 2.20. The predicted octanol–water partition coefficient (Wildman–Crippen LogP) is 13.1. The van der Waals surface area contributed by atoms with E-state index >= 15 is 0 Å². The number of para-hydroxylation sites is 2. The van der Waals surface area contributed by atoms with E-state index in [-0.39, 0.29) is 0 Å². The monoisotopic (exact) mass is 656 g/mol. The summed E-state index contributed by atoms with van der Waals surface area (Å²) in [7, 11) is 0. The van der Waals surface area contributed by atoms with Crippen molar-refractivity contribution in [3.63, 3.8) is 0 Å². The minimum absolute atomic E-state index is 0.689. The molecule has 0 aliphatic rings. The van der Waals surface area contributed by atoms with E-state index in [2.05, 4.69) is 152 Å². The van der Waals surface area contributed by atoms with Gasteiger partial charge in [0, 0.05) is 47.6 Å². The van der Waals surface area contributed by atoms with Gasteiger partial charge in [0.1, 0.15) is 11.2 Å². The lowest BCUT2D eigenvalue weighted by Gasteiger charge is -2.14. The van der Waals surface area contributed by atoms with Crippen molar-refractivity contribution >= 4 is 53.4 Å². The first kappa shape index (κ1) is 28.6. The topological polar surface area (TPSA) is 38.9 Å². The van der Waals surface area contributed by atoms with E-state index < -0.39 is 0 Å². The summed E-state index contributed by atoms with van der Waals surface area (Å²) in [6.45, 7) is 0. The minimum Gasteiger partial charge on any atom is -0.455 e. The molecule has 0 saturated heterocycles. The third kappa shape index (κ3) is 4.73. The van der Waals surface area contributed by atoms with E-state index in [0.717, 1.165) is 61.1 Å². The van der Waals surface area contributed by atoms with E-state index in [9.17, 15) is 0 Å². The van der Waals surface area contributed by atoms with Gasteiger partial charge in [-0.1, -0.05) is 140 Å². The van der Waals surface area contributed by atoms with E-state index in [1.165, 1.54) is 31.3 Å². The molecule has 0 fully saturated rings. The molecule has 3 heterocycles. The molecule has 0 aliphatic carbocycles. The maximum Gasteiger partial charge on any atom is 0.161 e. The fraction of sp³-hybridized carbons (Fsp3) is 0. The van der Waals surface area contributed by atoms with Crippen molar-refractivity contribution in [1.29, 1.82) is 0 Å². The van der Waals surface area contributed by atoms with Gasteiger partial charge in [0.15, 0.2) is 5.82 Å². The van der Waals surface area contributed by atoms with E-state index in [4.69, 9.17) is 14.4 Å². The standard InChI is InChI=1S/C46H28N2OS/c1-2-12-29(13-3-1)30-24-26-31(27-25-30)32-14-4-5-15-33(32)39-28-40(36-19-10-18-35-34-16-6-8-21-41(34)49-45(35)36)48-46(47-39)38-20-11-23-43-44(38)37-17-7-9-22-42(37)50-43/h1-28H.